The van der Waals surface area contributed by atoms with Crippen molar-refractivity contribution in [3.63, 3.8) is 0 Å². The van der Waals surface area contributed by atoms with Gasteiger partial charge in [-0.2, -0.15) is 0 Å². The van der Waals surface area contributed by atoms with Crippen LogP contribution in [0.2, 0.25) is 0 Å². The van der Waals surface area contributed by atoms with E-state index in [1.807, 2.05) is 13.8 Å². The van der Waals surface area contributed by atoms with Crippen molar-refractivity contribution in [3.05, 3.63) is 0 Å². The number of rotatable bonds is 19. The molecule has 0 saturated carbocycles. The van der Waals surface area contributed by atoms with Gasteiger partial charge in [0.05, 0.1) is 12.5 Å². The van der Waals surface area contributed by atoms with E-state index in [1.54, 1.807) is 0 Å². The molecule has 0 heterocycles. The Morgan fingerprint density at radius 1 is 0.778 bits per heavy atom. The quantitative estimate of drug-likeness (QED) is 0.197. The summed E-state index contributed by atoms with van der Waals surface area (Å²) in [5, 5.41) is 8.64. The van der Waals surface area contributed by atoms with E-state index in [0.717, 1.165) is 44.9 Å². The number of unbranched alkanes of at least 4 members (excludes halogenated alkanes) is 10. The van der Waals surface area contributed by atoms with Crippen molar-refractivity contribution >= 4 is 11.9 Å². The van der Waals surface area contributed by atoms with Crippen molar-refractivity contribution in [2.45, 2.75) is 117 Å². The predicted molar refractivity (Wildman–Crippen MR) is 112 cm³/mol. The summed E-state index contributed by atoms with van der Waals surface area (Å²) in [5.74, 6) is -0.305. The number of carboxylic acids is 1. The lowest BCUT2D eigenvalue weighted by atomic mass is 9.84. The molecule has 0 saturated heterocycles. The molecule has 160 valence electrons. The van der Waals surface area contributed by atoms with Crippen LogP contribution in [-0.4, -0.2) is 23.7 Å². The zero-order chi connectivity index (χ0) is 20.3. The maximum Gasteiger partial charge on any atom is 0.308 e. The summed E-state index contributed by atoms with van der Waals surface area (Å²) < 4.78 is 5.25. The largest absolute Gasteiger partial charge is 0.481 e. The molecule has 0 aromatic rings. The summed E-state index contributed by atoms with van der Waals surface area (Å²) in [5.41, 5.74) is 0. The molecule has 1 N–H and O–H groups in total. The maximum atomic E-state index is 12.2. The Labute approximate surface area is 167 Å². The average Bonchev–Trinajstić information content (AvgIpc) is 2.64. The fourth-order valence-corrected chi connectivity index (χ4v) is 3.69. The highest BCUT2D eigenvalue weighted by atomic mass is 16.5. The van der Waals surface area contributed by atoms with Crippen LogP contribution < -0.4 is 0 Å². The van der Waals surface area contributed by atoms with Gasteiger partial charge in [0, 0.05) is 6.42 Å². The first-order chi connectivity index (χ1) is 13.0. The molecule has 0 spiro atoms. The number of aliphatic carboxylic acids is 1. The van der Waals surface area contributed by atoms with Crippen LogP contribution in [0.25, 0.3) is 0 Å². The number of hydrogen-bond acceptors (Lipinski definition) is 3. The lowest BCUT2D eigenvalue weighted by Gasteiger charge is -2.22. The number of carbonyl (C=O) groups is 2. The predicted octanol–water partition coefficient (Wildman–Crippen LogP) is 6.76. The van der Waals surface area contributed by atoms with E-state index in [1.165, 1.54) is 44.9 Å². The van der Waals surface area contributed by atoms with Gasteiger partial charge in [-0.05, 0) is 32.1 Å². The Kier molecular flexibility index (Phi) is 17.6. The third-order valence-corrected chi connectivity index (χ3v) is 5.51. The molecule has 0 fully saturated rings. The standard InChI is InChI=1S/C23H44O4/c1-4-6-7-8-11-14-17-21(20(3)23(26)27-5-2)18-15-12-9-10-13-16-19-22(24)25/h20-21H,4-19H2,1-3H3,(H,24,25). The van der Waals surface area contributed by atoms with E-state index in [-0.39, 0.29) is 18.3 Å². The zero-order valence-corrected chi connectivity index (χ0v) is 18.1. The summed E-state index contributed by atoms with van der Waals surface area (Å²) >= 11 is 0. The van der Waals surface area contributed by atoms with E-state index in [0.29, 0.717) is 12.5 Å². The molecule has 27 heavy (non-hydrogen) atoms. The van der Waals surface area contributed by atoms with Gasteiger partial charge in [0.25, 0.3) is 0 Å². The molecule has 0 aliphatic heterocycles. The molecule has 0 aromatic carbocycles. The molecule has 2 atom stereocenters. The van der Waals surface area contributed by atoms with Crippen molar-refractivity contribution in [2.24, 2.45) is 11.8 Å². The minimum absolute atomic E-state index is 0.00356. The van der Waals surface area contributed by atoms with Crippen molar-refractivity contribution in [1.82, 2.24) is 0 Å². The van der Waals surface area contributed by atoms with E-state index >= 15 is 0 Å². The van der Waals surface area contributed by atoms with Crippen LogP contribution in [0.5, 0.6) is 0 Å². The second-order valence-corrected chi connectivity index (χ2v) is 7.91. The van der Waals surface area contributed by atoms with Crippen molar-refractivity contribution in [1.29, 1.82) is 0 Å². The highest BCUT2D eigenvalue weighted by Crippen LogP contribution is 2.27. The Balaban J connectivity index is 4.06. The molecule has 4 heteroatoms. The van der Waals surface area contributed by atoms with Crippen LogP contribution in [-0.2, 0) is 14.3 Å². The van der Waals surface area contributed by atoms with Crippen molar-refractivity contribution in [2.75, 3.05) is 6.61 Å². The normalized spacial score (nSPS) is 13.3. The molecule has 0 aliphatic carbocycles. The third-order valence-electron chi connectivity index (χ3n) is 5.51. The monoisotopic (exact) mass is 384 g/mol. The molecule has 0 bridgehead atoms. The minimum Gasteiger partial charge on any atom is -0.481 e. The van der Waals surface area contributed by atoms with Gasteiger partial charge in [-0.25, -0.2) is 0 Å². The van der Waals surface area contributed by atoms with Gasteiger partial charge in [0.2, 0.25) is 0 Å². The van der Waals surface area contributed by atoms with Crippen LogP contribution in [0.1, 0.15) is 117 Å². The number of hydrogen-bond donors (Lipinski definition) is 1. The number of carbonyl (C=O) groups excluding carboxylic acids is 1. The smallest absolute Gasteiger partial charge is 0.308 e. The van der Waals surface area contributed by atoms with Gasteiger partial charge in [0.1, 0.15) is 0 Å². The summed E-state index contributed by atoms with van der Waals surface area (Å²) in [7, 11) is 0. The Morgan fingerprint density at radius 2 is 1.26 bits per heavy atom. The Morgan fingerprint density at radius 3 is 1.74 bits per heavy atom. The molecule has 0 amide bonds. The second-order valence-electron chi connectivity index (χ2n) is 7.91. The molecule has 2 unspecified atom stereocenters. The van der Waals surface area contributed by atoms with Gasteiger partial charge in [-0.15, -0.1) is 0 Å². The number of ether oxygens (including phenoxy) is 1. The topological polar surface area (TPSA) is 63.6 Å². The average molecular weight is 385 g/mol. The van der Waals surface area contributed by atoms with E-state index in [9.17, 15) is 9.59 Å². The Bertz CT molecular complexity index is 367. The van der Waals surface area contributed by atoms with Crippen molar-refractivity contribution < 1.29 is 19.4 Å². The summed E-state index contributed by atoms with van der Waals surface area (Å²) in [6.07, 6.45) is 16.7. The lowest BCUT2D eigenvalue weighted by molar-refractivity contribution is -0.149. The molecular formula is C23H44O4. The summed E-state index contributed by atoms with van der Waals surface area (Å²) in [4.78, 5) is 22.6. The van der Waals surface area contributed by atoms with Crippen LogP contribution in [0.15, 0.2) is 0 Å². The molecule has 4 nitrogen and oxygen atoms in total. The van der Waals surface area contributed by atoms with Gasteiger partial charge < -0.3 is 9.84 Å². The van der Waals surface area contributed by atoms with E-state index in [2.05, 4.69) is 6.92 Å². The van der Waals surface area contributed by atoms with Gasteiger partial charge >= 0.3 is 11.9 Å². The third kappa shape index (κ3) is 15.7. The van der Waals surface area contributed by atoms with Gasteiger partial charge in [-0.3, -0.25) is 9.59 Å². The molecule has 0 aliphatic rings. The van der Waals surface area contributed by atoms with Crippen molar-refractivity contribution in [3.8, 4) is 0 Å². The number of esters is 1. The zero-order valence-electron chi connectivity index (χ0n) is 18.1. The highest BCUT2D eigenvalue weighted by molar-refractivity contribution is 5.72. The maximum absolute atomic E-state index is 12.2. The summed E-state index contributed by atoms with van der Waals surface area (Å²) in [6, 6.07) is 0. The fourth-order valence-electron chi connectivity index (χ4n) is 3.69. The highest BCUT2D eigenvalue weighted by Gasteiger charge is 2.24. The molecule has 0 rings (SSSR count). The van der Waals surface area contributed by atoms with Crippen LogP contribution in [0, 0.1) is 11.8 Å². The van der Waals surface area contributed by atoms with Crippen LogP contribution in [0.3, 0.4) is 0 Å². The first kappa shape index (κ1) is 25.9. The number of carboxylic acid groups (broad SMARTS) is 1. The Hall–Kier alpha value is -1.06. The van der Waals surface area contributed by atoms with Crippen LogP contribution in [0.4, 0.5) is 0 Å². The first-order valence-corrected chi connectivity index (χ1v) is 11.4. The molecule has 0 aromatic heterocycles. The van der Waals surface area contributed by atoms with Gasteiger partial charge in [-0.1, -0.05) is 84.5 Å². The fraction of sp³-hybridized carbons (Fsp3) is 0.913. The molecular weight excluding hydrogens is 340 g/mol. The second kappa shape index (κ2) is 18.3. The minimum atomic E-state index is -0.694. The first-order valence-electron chi connectivity index (χ1n) is 11.4. The van der Waals surface area contributed by atoms with E-state index < -0.39 is 5.97 Å². The van der Waals surface area contributed by atoms with Crippen LogP contribution >= 0.6 is 0 Å². The van der Waals surface area contributed by atoms with Gasteiger partial charge in [0.15, 0.2) is 0 Å². The molecule has 0 radical (unpaired) electrons. The SMILES string of the molecule is CCCCCCCCC(CCCCCCCCC(=O)O)C(C)C(=O)OCC. The van der Waals surface area contributed by atoms with E-state index in [4.69, 9.17) is 9.84 Å². The lowest BCUT2D eigenvalue weighted by Crippen LogP contribution is -2.23. The summed E-state index contributed by atoms with van der Waals surface area (Å²) in [6.45, 7) is 6.61.